The van der Waals surface area contributed by atoms with E-state index in [2.05, 4.69) is 57.3 Å². The number of nitrogens with two attached hydrogens (primary N) is 2. The highest BCUT2D eigenvalue weighted by Gasteiger charge is 2.35. The van der Waals surface area contributed by atoms with Gasteiger partial charge in [0.05, 0.1) is 33.0 Å². The summed E-state index contributed by atoms with van der Waals surface area (Å²) in [6, 6.07) is 15.3. The van der Waals surface area contributed by atoms with Gasteiger partial charge in [0.25, 0.3) is 15.3 Å². The van der Waals surface area contributed by atoms with E-state index in [4.69, 9.17) is 66.9 Å². The predicted molar refractivity (Wildman–Crippen MR) is 156 cm³/mol. The van der Waals surface area contributed by atoms with Crippen molar-refractivity contribution in [3.8, 4) is 0 Å². The molecule has 2 aromatic carbocycles. The molecule has 0 spiro atoms. The van der Waals surface area contributed by atoms with Crippen LogP contribution in [0.3, 0.4) is 0 Å². The van der Waals surface area contributed by atoms with Crippen molar-refractivity contribution in [1.29, 1.82) is 0 Å². The number of hydrogen-bond acceptors (Lipinski definition) is 11. The Morgan fingerprint density at radius 1 is 0.773 bits per heavy atom. The molecule has 2 aliphatic rings. The van der Waals surface area contributed by atoms with Crippen LogP contribution in [0.1, 0.15) is 18.4 Å². The molecule has 0 unspecified atom stereocenters. The van der Waals surface area contributed by atoms with Crippen molar-refractivity contribution in [3.05, 3.63) is 78.4 Å². The maximum Gasteiger partial charge on any atom is 0.291 e. The summed E-state index contributed by atoms with van der Waals surface area (Å²) in [4.78, 5) is 34.7. The lowest BCUT2D eigenvalue weighted by molar-refractivity contribution is -0.742. The fourth-order valence-corrected chi connectivity index (χ4v) is 4.96. The second-order valence-electron chi connectivity index (χ2n) is 9.67. The Morgan fingerprint density at radius 3 is 1.61 bits per heavy atom. The first-order valence-corrected chi connectivity index (χ1v) is 13.5. The normalized spacial score (nSPS) is 15.2. The average molecular weight is 629 g/mol. The van der Waals surface area contributed by atoms with E-state index >= 15 is 0 Å². The molecule has 2 aliphatic heterocycles. The third-order valence-electron chi connectivity index (χ3n) is 6.95. The molecule has 7 N–H and O–H groups in total. The van der Waals surface area contributed by atoms with Crippen LogP contribution in [0, 0.1) is 30.3 Å². The quantitative estimate of drug-likeness (QED) is 0.111. The molecule has 2 aromatic rings. The lowest BCUT2D eigenvalue weighted by atomic mass is 9.72. The molecule has 4 rings (SSSR count). The van der Waals surface area contributed by atoms with E-state index in [9.17, 15) is 0 Å². The zero-order chi connectivity index (χ0) is 33.0. The Bertz CT molecular complexity index is 1120. The van der Waals surface area contributed by atoms with Gasteiger partial charge in [0.2, 0.25) is 0 Å². The van der Waals surface area contributed by atoms with E-state index in [-0.39, 0.29) is 11.4 Å². The molecule has 0 radical (unpaired) electrons. The molecular weight excluding hydrogens is 588 g/mol. The molecule has 0 bridgehead atoms. The maximum atomic E-state index is 8.36. The largest absolute Gasteiger partial charge is 0.379 e. The Hall–Kier alpha value is -4.59. The van der Waals surface area contributed by atoms with Gasteiger partial charge in [-0.15, -0.1) is 30.3 Å². The van der Waals surface area contributed by atoms with E-state index in [0.717, 1.165) is 78.5 Å². The summed E-state index contributed by atoms with van der Waals surface area (Å²) in [5.41, 5.74) is 12.9. The molecule has 0 aromatic heterocycles. The van der Waals surface area contributed by atoms with Crippen LogP contribution >= 0.6 is 0 Å². The van der Waals surface area contributed by atoms with Crippen LogP contribution in [-0.2, 0) is 14.9 Å². The highest BCUT2D eigenvalue weighted by atomic mass is 16.9. The van der Waals surface area contributed by atoms with Crippen molar-refractivity contribution in [2.45, 2.75) is 18.3 Å². The lowest BCUT2D eigenvalue weighted by Gasteiger charge is -2.39. The van der Waals surface area contributed by atoms with Crippen LogP contribution in [-0.4, -0.2) is 119 Å². The van der Waals surface area contributed by atoms with Crippen molar-refractivity contribution in [1.82, 2.24) is 9.80 Å². The number of guanidine groups is 1. The molecule has 19 heteroatoms. The smallest absolute Gasteiger partial charge is 0.291 e. The minimum Gasteiger partial charge on any atom is -0.379 e. The van der Waals surface area contributed by atoms with Gasteiger partial charge in [0.15, 0.2) is 5.96 Å². The van der Waals surface area contributed by atoms with Gasteiger partial charge < -0.3 is 36.6 Å². The van der Waals surface area contributed by atoms with E-state index in [1.54, 1.807) is 0 Å². The van der Waals surface area contributed by atoms with E-state index in [1.165, 1.54) is 16.3 Å². The summed E-state index contributed by atoms with van der Waals surface area (Å²) < 4.78 is 11.1. The molecule has 0 amide bonds. The van der Waals surface area contributed by atoms with Crippen LogP contribution in [0.25, 0.3) is 10.8 Å². The molecule has 246 valence electrons. The van der Waals surface area contributed by atoms with Crippen molar-refractivity contribution < 1.29 is 40.4 Å². The second-order valence-corrected chi connectivity index (χ2v) is 9.67. The monoisotopic (exact) mass is 628 g/mol. The van der Waals surface area contributed by atoms with Gasteiger partial charge in [0, 0.05) is 31.6 Å². The van der Waals surface area contributed by atoms with Crippen LogP contribution in [0.4, 0.5) is 0 Å². The predicted octanol–water partition coefficient (Wildman–Crippen LogP) is 0.753. The number of fused-ring (bicyclic) bond motifs is 1. The Morgan fingerprint density at radius 2 is 1.18 bits per heavy atom. The summed E-state index contributed by atoms with van der Waals surface area (Å²) in [7, 11) is 0. The van der Waals surface area contributed by atoms with Crippen LogP contribution in [0.5, 0.6) is 0 Å². The van der Waals surface area contributed by atoms with Gasteiger partial charge in [-0.2, -0.15) is 0 Å². The SMILES string of the molecule is NC(N)=NCC(CCN1CCOCC1)(CCN1CCOCC1)c1cccc2ccccc12.O=[N+]([O-])O.O=[N+]([O-])O.O=[N+]([O-])O. The van der Waals surface area contributed by atoms with Crippen molar-refractivity contribution in [2.75, 3.05) is 72.2 Å². The molecule has 0 aliphatic carbocycles. The van der Waals surface area contributed by atoms with Gasteiger partial charge in [0.1, 0.15) is 0 Å². The van der Waals surface area contributed by atoms with Gasteiger partial charge in [-0.1, -0.05) is 42.5 Å². The van der Waals surface area contributed by atoms with Gasteiger partial charge in [-0.3, -0.25) is 14.8 Å². The van der Waals surface area contributed by atoms with Crippen molar-refractivity contribution >= 4 is 16.7 Å². The summed E-state index contributed by atoms with van der Waals surface area (Å²) in [6.45, 7) is 9.78. The number of nitrogens with zero attached hydrogens (tertiary/aromatic N) is 6. The molecule has 44 heavy (non-hydrogen) atoms. The zero-order valence-electron chi connectivity index (χ0n) is 24.2. The third kappa shape index (κ3) is 15.6. The molecule has 2 heterocycles. The zero-order valence-corrected chi connectivity index (χ0v) is 24.2. The van der Waals surface area contributed by atoms with Crippen LogP contribution in [0.15, 0.2) is 47.5 Å². The topological polar surface area (TPSA) is 279 Å². The number of morpholine rings is 2. The minimum atomic E-state index is -1.50. The highest BCUT2D eigenvalue weighted by Crippen LogP contribution is 2.38. The number of ether oxygens (including phenoxy) is 2. The van der Waals surface area contributed by atoms with Gasteiger partial charge in [-0.05, 0) is 42.3 Å². The van der Waals surface area contributed by atoms with Crippen molar-refractivity contribution in [3.63, 3.8) is 0 Å². The van der Waals surface area contributed by atoms with Crippen LogP contribution in [0.2, 0.25) is 0 Å². The third-order valence-corrected chi connectivity index (χ3v) is 6.95. The molecule has 2 fully saturated rings. The summed E-state index contributed by atoms with van der Waals surface area (Å²) in [6.07, 6.45) is 2.00. The van der Waals surface area contributed by atoms with Gasteiger partial charge >= 0.3 is 0 Å². The molecule has 0 atom stereocenters. The Kier molecular flexibility index (Phi) is 17.3. The summed E-state index contributed by atoms with van der Waals surface area (Å²) in [5.74, 6) is 0.160. The first kappa shape index (κ1) is 37.4. The van der Waals surface area contributed by atoms with Crippen molar-refractivity contribution in [2.24, 2.45) is 16.5 Å². The molecule has 19 nitrogen and oxygen atoms in total. The van der Waals surface area contributed by atoms with E-state index in [1.807, 2.05) is 0 Å². The van der Waals surface area contributed by atoms with E-state index in [0.29, 0.717) is 6.54 Å². The standard InChI is InChI=1S/C25H37N5O2.3HNO3/c26-24(27)28-20-25(8-10-29-12-16-31-17-13-29,9-11-30-14-18-32-19-15-30)23-7-3-5-21-4-1-2-6-22(21)23;3*2-1(3)4/h1-7H,8-20H2,(H4,26,27,28);3*(H,2,3,4). The fourth-order valence-electron chi connectivity index (χ4n) is 4.96. The second kappa shape index (κ2) is 20.3. The number of aliphatic imine (C=N–C) groups is 1. The van der Waals surface area contributed by atoms with Crippen LogP contribution < -0.4 is 11.5 Å². The average Bonchev–Trinajstić information content (AvgIpc) is 2.97. The lowest BCUT2D eigenvalue weighted by Crippen LogP contribution is -2.44. The first-order chi connectivity index (χ1) is 20.9. The minimum absolute atomic E-state index is 0.151. The molecule has 2 saturated heterocycles. The Labute approximate surface area is 252 Å². The number of hydrogen-bond donors (Lipinski definition) is 5. The number of benzene rings is 2. The first-order valence-electron chi connectivity index (χ1n) is 13.5. The summed E-state index contributed by atoms with van der Waals surface area (Å²) in [5, 5.41) is 43.5. The van der Waals surface area contributed by atoms with E-state index < -0.39 is 15.3 Å². The van der Waals surface area contributed by atoms with Gasteiger partial charge in [-0.25, -0.2) is 0 Å². The molecular formula is C25H40N8O11. The number of rotatable bonds is 9. The highest BCUT2D eigenvalue weighted by molar-refractivity contribution is 5.86. The maximum absolute atomic E-state index is 8.36. The molecule has 0 saturated carbocycles. The summed E-state index contributed by atoms with van der Waals surface area (Å²) >= 11 is 0. The Balaban J connectivity index is 0.000000691. The fraction of sp³-hybridized carbons (Fsp3) is 0.560.